The Bertz CT molecular complexity index is 714. The Kier molecular flexibility index (Phi) is 10.3. The van der Waals surface area contributed by atoms with Crippen LogP contribution in [0.4, 0.5) is 0 Å². The van der Waals surface area contributed by atoms with E-state index >= 15 is 0 Å². The molecule has 1 atom stereocenters. The third-order valence-corrected chi connectivity index (χ3v) is 5.25. The number of aliphatic carboxylic acids is 1. The molecule has 8 nitrogen and oxygen atoms in total. The van der Waals surface area contributed by atoms with Gasteiger partial charge in [0.15, 0.2) is 0 Å². The van der Waals surface area contributed by atoms with Crippen LogP contribution in [0.3, 0.4) is 0 Å². The van der Waals surface area contributed by atoms with Crippen molar-refractivity contribution in [3.8, 4) is 0 Å². The van der Waals surface area contributed by atoms with Gasteiger partial charge in [-0.15, -0.1) is 0 Å². The summed E-state index contributed by atoms with van der Waals surface area (Å²) in [5.74, 6) is -0.796. The summed E-state index contributed by atoms with van der Waals surface area (Å²) in [4.78, 5) is 35.3. The molecule has 0 spiro atoms. The maximum absolute atomic E-state index is 12.4. The summed E-state index contributed by atoms with van der Waals surface area (Å²) in [5, 5.41) is 19.2. The van der Waals surface area contributed by atoms with Gasteiger partial charge in [-0.2, -0.15) is 0 Å². The van der Waals surface area contributed by atoms with Crippen molar-refractivity contribution in [1.29, 1.82) is 0 Å². The molecule has 1 unspecified atom stereocenters. The van der Waals surface area contributed by atoms with Crippen molar-refractivity contribution in [2.45, 2.75) is 103 Å². The molecule has 1 heterocycles. The highest BCUT2D eigenvalue weighted by Gasteiger charge is 2.22. The third-order valence-electron chi connectivity index (χ3n) is 5.25. The van der Waals surface area contributed by atoms with Crippen LogP contribution in [0.25, 0.3) is 0 Å². The van der Waals surface area contributed by atoms with Gasteiger partial charge in [-0.3, -0.25) is 4.79 Å². The monoisotopic (exact) mass is 399 g/mol. The third kappa shape index (κ3) is 8.04. The van der Waals surface area contributed by atoms with Gasteiger partial charge >= 0.3 is 17.3 Å². The lowest BCUT2D eigenvalue weighted by atomic mass is 9.94. The minimum Gasteiger partial charge on any atom is -0.481 e. The molecule has 2 N–H and O–H groups in total. The van der Waals surface area contributed by atoms with E-state index in [1.165, 1.54) is 16.4 Å². The first kappa shape index (κ1) is 24.2. The SMILES string of the molecule is CCCCCCC(C)(O)CCn1c(=O)n(C)c(=O)n1CCCCCCC(=O)O. The number of carboxylic acids is 1. The maximum atomic E-state index is 12.4. The molecule has 0 saturated carbocycles. The van der Waals surface area contributed by atoms with E-state index in [2.05, 4.69) is 6.92 Å². The Morgan fingerprint density at radius 1 is 0.893 bits per heavy atom. The Balaban J connectivity index is 2.63. The van der Waals surface area contributed by atoms with E-state index in [1.54, 1.807) is 6.92 Å². The van der Waals surface area contributed by atoms with Gasteiger partial charge in [0, 0.05) is 26.6 Å². The number of rotatable bonds is 15. The molecule has 1 aromatic rings. The molecular weight excluding hydrogens is 362 g/mol. The summed E-state index contributed by atoms with van der Waals surface area (Å²) >= 11 is 0. The summed E-state index contributed by atoms with van der Waals surface area (Å²) in [5.41, 5.74) is -1.57. The lowest BCUT2D eigenvalue weighted by molar-refractivity contribution is -0.137. The lowest BCUT2D eigenvalue weighted by Gasteiger charge is -2.23. The van der Waals surface area contributed by atoms with Crippen molar-refractivity contribution < 1.29 is 15.0 Å². The molecule has 0 radical (unpaired) electrons. The molecule has 1 rings (SSSR count). The maximum Gasteiger partial charge on any atom is 0.346 e. The molecule has 0 aliphatic rings. The van der Waals surface area contributed by atoms with Gasteiger partial charge in [0.1, 0.15) is 0 Å². The molecule has 0 amide bonds. The van der Waals surface area contributed by atoms with E-state index < -0.39 is 11.6 Å². The van der Waals surface area contributed by atoms with Crippen molar-refractivity contribution in [1.82, 2.24) is 13.9 Å². The van der Waals surface area contributed by atoms with E-state index in [9.17, 15) is 19.5 Å². The smallest absolute Gasteiger partial charge is 0.346 e. The predicted octanol–water partition coefficient (Wildman–Crippen LogP) is 2.50. The molecule has 0 bridgehead atoms. The minimum atomic E-state index is -0.860. The summed E-state index contributed by atoms with van der Waals surface area (Å²) in [7, 11) is 1.47. The van der Waals surface area contributed by atoms with Crippen LogP contribution in [0.5, 0.6) is 0 Å². The van der Waals surface area contributed by atoms with E-state index in [1.807, 2.05) is 0 Å². The minimum absolute atomic E-state index is 0.156. The van der Waals surface area contributed by atoms with Crippen LogP contribution in [-0.2, 0) is 24.9 Å². The second-order valence-corrected chi connectivity index (χ2v) is 7.99. The average Bonchev–Trinajstić information content (AvgIpc) is 2.83. The summed E-state index contributed by atoms with van der Waals surface area (Å²) in [6.45, 7) is 4.65. The normalized spacial score (nSPS) is 13.6. The van der Waals surface area contributed by atoms with Crippen LogP contribution in [0.1, 0.15) is 84.5 Å². The molecular formula is C20H37N3O5. The summed E-state index contributed by atoms with van der Waals surface area (Å²) < 4.78 is 3.98. The Morgan fingerprint density at radius 2 is 1.46 bits per heavy atom. The molecule has 0 aliphatic carbocycles. The van der Waals surface area contributed by atoms with Crippen LogP contribution in [-0.4, -0.2) is 35.7 Å². The number of hydrogen-bond acceptors (Lipinski definition) is 4. The Labute approximate surface area is 166 Å². The number of carboxylic acid groups (broad SMARTS) is 1. The van der Waals surface area contributed by atoms with Gasteiger partial charge < -0.3 is 10.2 Å². The van der Waals surface area contributed by atoms with Crippen molar-refractivity contribution in [3.63, 3.8) is 0 Å². The second kappa shape index (κ2) is 11.9. The van der Waals surface area contributed by atoms with Crippen LogP contribution < -0.4 is 11.4 Å². The quantitative estimate of drug-likeness (QED) is 0.441. The van der Waals surface area contributed by atoms with Gasteiger partial charge in [0.25, 0.3) is 0 Å². The highest BCUT2D eigenvalue weighted by molar-refractivity contribution is 5.66. The van der Waals surface area contributed by atoms with E-state index in [4.69, 9.17) is 5.11 Å². The zero-order valence-corrected chi connectivity index (χ0v) is 17.7. The van der Waals surface area contributed by atoms with Crippen LogP contribution in [0, 0.1) is 0 Å². The molecule has 0 saturated heterocycles. The first-order valence-corrected chi connectivity index (χ1v) is 10.5. The highest BCUT2D eigenvalue weighted by Crippen LogP contribution is 2.19. The van der Waals surface area contributed by atoms with Crippen LogP contribution >= 0.6 is 0 Å². The van der Waals surface area contributed by atoms with Gasteiger partial charge in [-0.25, -0.2) is 23.5 Å². The number of unbranched alkanes of at least 4 members (excludes halogenated alkanes) is 6. The molecule has 0 fully saturated rings. The summed E-state index contributed by atoms with van der Waals surface area (Å²) in [6, 6.07) is 0. The average molecular weight is 400 g/mol. The van der Waals surface area contributed by atoms with Gasteiger partial charge in [-0.1, -0.05) is 45.4 Å². The Hall–Kier alpha value is -1.83. The number of hydrogen-bond donors (Lipinski definition) is 2. The van der Waals surface area contributed by atoms with Crippen molar-refractivity contribution in [3.05, 3.63) is 21.0 Å². The van der Waals surface area contributed by atoms with Crippen molar-refractivity contribution in [2.24, 2.45) is 7.05 Å². The first-order chi connectivity index (χ1) is 13.2. The number of nitrogens with zero attached hydrogens (tertiary/aromatic N) is 3. The van der Waals surface area contributed by atoms with Crippen LogP contribution in [0.2, 0.25) is 0 Å². The molecule has 162 valence electrons. The van der Waals surface area contributed by atoms with Gasteiger partial charge in [0.2, 0.25) is 0 Å². The van der Waals surface area contributed by atoms with E-state index in [0.717, 1.165) is 43.1 Å². The van der Waals surface area contributed by atoms with Crippen molar-refractivity contribution >= 4 is 5.97 Å². The first-order valence-electron chi connectivity index (χ1n) is 10.5. The van der Waals surface area contributed by atoms with E-state index in [-0.39, 0.29) is 17.8 Å². The number of carbonyl (C=O) groups is 1. The fourth-order valence-electron chi connectivity index (χ4n) is 3.36. The zero-order valence-electron chi connectivity index (χ0n) is 17.7. The second-order valence-electron chi connectivity index (χ2n) is 7.99. The fraction of sp³-hybridized carbons (Fsp3) is 0.850. The highest BCUT2D eigenvalue weighted by atomic mass is 16.4. The van der Waals surface area contributed by atoms with Gasteiger partial charge in [-0.05, 0) is 32.6 Å². The Morgan fingerprint density at radius 3 is 2.07 bits per heavy atom. The lowest BCUT2D eigenvalue weighted by Crippen LogP contribution is -2.32. The fourth-order valence-corrected chi connectivity index (χ4v) is 3.36. The number of aromatic nitrogens is 3. The van der Waals surface area contributed by atoms with Crippen LogP contribution in [0.15, 0.2) is 9.59 Å². The van der Waals surface area contributed by atoms with E-state index in [0.29, 0.717) is 38.8 Å². The topological polar surface area (TPSA) is 106 Å². The van der Waals surface area contributed by atoms with Crippen molar-refractivity contribution in [2.75, 3.05) is 0 Å². The molecule has 28 heavy (non-hydrogen) atoms. The molecule has 8 heteroatoms. The zero-order chi connectivity index (χ0) is 21.2. The molecule has 1 aromatic heterocycles. The standard InChI is InChI=1S/C20H37N3O5/c1-4-5-6-10-13-20(2,28)14-16-23-19(27)21(3)18(26)22(23)15-11-8-7-9-12-17(24)25/h28H,4-16H2,1-3H3,(H,24,25). The number of aliphatic hydroxyl groups is 1. The molecule has 0 aliphatic heterocycles. The summed E-state index contributed by atoms with van der Waals surface area (Å²) in [6.07, 6.45) is 8.50. The predicted molar refractivity (Wildman–Crippen MR) is 109 cm³/mol. The largest absolute Gasteiger partial charge is 0.481 e. The van der Waals surface area contributed by atoms with Gasteiger partial charge in [0.05, 0.1) is 5.60 Å². The molecule has 0 aromatic carbocycles.